The Labute approximate surface area is 302 Å². The zero-order valence-electron chi connectivity index (χ0n) is 32.7. The Morgan fingerprint density at radius 3 is 1.76 bits per heavy atom. The number of carbonyl (C=O) groups is 2. The van der Waals surface area contributed by atoms with Crippen LogP contribution in [0.15, 0.2) is 0 Å². The number of carbonyl (C=O) groups excluding carboxylic acids is 2. The van der Waals surface area contributed by atoms with Gasteiger partial charge in [0.05, 0.1) is 12.2 Å². The van der Waals surface area contributed by atoms with Gasteiger partial charge in [-0.05, 0) is 160 Å². The summed E-state index contributed by atoms with van der Waals surface area (Å²) in [7, 11) is 0. The molecule has 0 radical (unpaired) electrons. The highest BCUT2D eigenvalue weighted by Crippen LogP contribution is 2.76. The number of esters is 2. The molecule has 9 aliphatic rings. The van der Waals surface area contributed by atoms with Crippen molar-refractivity contribution in [1.29, 1.82) is 0 Å². The summed E-state index contributed by atoms with van der Waals surface area (Å²) in [6, 6.07) is 0. The third-order valence-electron chi connectivity index (χ3n) is 19.3. The first-order valence-corrected chi connectivity index (χ1v) is 21.1. The van der Waals surface area contributed by atoms with Gasteiger partial charge in [0.15, 0.2) is 6.29 Å². The highest BCUT2D eigenvalue weighted by molar-refractivity contribution is 5.66. The van der Waals surface area contributed by atoms with Crippen LogP contribution in [0, 0.1) is 73.9 Å². The molecule has 0 amide bonds. The summed E-state index contributed by atoms with van der Waals surface area (Å²) in [4.78, 5) is 24.1. The fourth-order valence-corrected chi connectivity index (χ4v) is 17.7. The lowest BCUT2D eigenvalue weighted by Gasteiger charge is -2.65. The minimum atomic E-state index is -0.124. The molecule has 1 heterocycles. The van der Waals surface area contributed by atoms with E-state index in [0.717, 1.165) is 37.2 Å². The number of rotatable bonds is 3. The highest BCUT2D eigenvalue weighted by atomic mass is 16.7. The molecule has 0 aromatic heterocycles. The van der Waals surface area contributed by atoms with Crippen LogP contribution in [0.1, 0.15) is 158 Å². The van der Waals surface area contributed by atoms with E-state index in [2.05, 4.69) is 41.5 Å². The van der Waals surface area contributed by atoms with Gasteiger partial charge in [-0.2, -0.15) is 0 Å². The molecule has 50 heavy (non-hydrogen) atoms. The van der Waals surface area contributed by atoms with Crippen LogP contribution < -0.4 is 0 Å². The average Bonchev–Trinajstić information content (AvgIpc) is 3.64. The van der Waals surface area contributed by atoms with E-state index < -0.39 is 0 Å². The summed E-state index contributed by atoms with van der Waals surface area (Å²) in [5, 5.41) is 0. The maximum Gasteiger partial charge on any atom is 0.302 e. The molecule has 15 atom stereocenters. The van der Waals surface area contributed by atoms with Crippen molar-refractivity contribution in [2.24, 2.45) is 73.9 Å². The van der Waals surface area contributed by atoms with Crippen LogP contribution in [0.3, 0.4) is 0 Å². The van der Waals surface area contributed by atoms with Crippen LogP contribution >= 0.6 is 0 Å². The lowest BCUT2D eigenvalue weighted by Crippen LogP contribution is -2.59. The van der Waals surface area contributed by atoms with Gasteiger partial charge in [-0.15, -0.1) is 0 Å². The fourth-order valence-electron chi connectivity index (χ4n) is 17.7. The SMILES string of the molecule is CC(=O)O[C@@H]1CC[C@]2(C)[C@H](CC[C@@]34C[C@@H](CC[C@H]32)[C@H]([C@@H]2OC[C@]3(C[C@@]56CC[C@@H]7C(C)(C)[C@H](OC(C)=O)CC[C@@]7(C)[C@@H]5CC[C@@H]3C6)O2)C4)C1(C)C. The van der Waals surface area contributed by atoms with Gasteiger partial charge < -0.3 is 18.9 Å². The Morgan fingerprint density at radius 1 is 0.600 bits per heavy atom. The first-order chi connectivity index (χ1) is 23.5. The lowest BCUT2D eigenvalue weighted by atomic mass is 9.41. The van der Waals surface area contributed by atoms with Gasteiger partial charge in [-0.25, -0.2) is 0 Å². The minimum absolute atomic E-state index is 0.0106. The van der Waals surface area contributed by atoms with E-state index in [4.69, 9.17) is 18.9 Å². The molecule has 0 aromatic rings. The average molecular weight is 693 g/mol. The van der Waals surface area contributed by atoms with Crippen molar-refractivity contribution in [1.82, 2.24) is 0 Å². The predicted molar refractivity (Wildman–Crippen MR) is 192 cm³/mol. The summed E-state index contributed by atoms with van der Waals surface area (Å²) in [6.07, 6.45) is 20.0. The van der Waals surface area contributed by atoms with E-state index in [1.165, 1.54) is 89.9 Å². The second-order valence-corrected chi connectivity index (χ2v) is 21.9. The van der Waals surface area contributed by atoms with Crippen molar-refractivity contribution >= 4 is 11.9 Å². The molecule has 1 aliphatic heterocycles. The van der Waals surface area contributed by atoms with Crippen LogP contribution in [0.4, 0.5) is 0 Å². The van der Waals surface area contributed by atoms with E-state index >= 15 is 0 Å². The van der Waals surface area contributed by atoms with E-state index in [-0.39, 0.29) is 46.9 Å². The Kier molecular flexibility index (Phi) is 7.60. The first kappa shape index (κ1) is 34.6. The van der Waals surface area contributed by atoms with Crippen LogP contribution in [0.25, 0.3) is 0 Å². The maximum atomic E-state index is 12.0. The van der Waals surface area contributed by atoms with Crippen LogP contribution in [-0.2, 0) is 28.5 Å². The topological polar surface area (TPSA) is 71.1 Å². The molecule has 0 N–H and O–H groups in total. The summed E-state index contributed by atoms with van der Waals surface area (Å²) in [6.45, 7) is 18.8. The van der Waals surface area contributed by atoms with Gasteiger partial charge in [0, 0.05) is 30.6 Å². The number of ether oxygens (including phenoxy) is 4. The molecule has 6 nitrogen and oxygen atoms in total. The van der Waals surface area contributed by atoms with Gasteiger partial charge in [0.2, 0.25) is 0 Å². The van der Waals surface area contributed by atoms with Gasteiger partial charge in [-0.1, -0.05) is 41.5 Å². The predicted octanol–water partition coefficient (Wildman–Crippen LogP) is 9.66. The van der Waals surface area contributed by atoms with Crippen molar-refractivity contribution in [2.75, 3.05) is 6.61 Å². The molecule has 8 saturated carbocycles. The Bertz CT molecular complexity index is 1420. The van der Waals surface area contributed by atoms with Crippen molar-refractivity contribution in [3.05, 3.63) is 0 Å². The molecular weight excluding hydrogens is 624 g/mol. The Balaban J connectivity index is 0.916. The normalized spacial score (nSPS) is 55.4. The molecule has 6 heteroatoms. The molecule has 3 spiro atoms. The van der Waals surface area contributed by atoms with Crippen molar-refractivity contribution in [3.8, 4) is 0 Å². The van der Waals surface area contributed by atoms with Crippen LogP contribution in [0.2, 0.25) is 0 Å². The quantitative estimate of drug-likeness (QED) is 0.275. The minimum Gasteiger partial charge on any atom is -0.462 e. The summed E-state index contributed by atoms with van der Waals surface area (Å²) < 4.78 is 26.4. The molecular formula is C44H68O6. The highest BCUT2D eigenvalue weighted by Gasteiger charge is 2.72. The first-order valence-electron chi connectivity index (χ1n) is 21.1. The largest absolute Gasteiger partial charge is 0.462 e. The summed E-state index contributed by atoms with van der Waals surface area (Å²) in [5.74, 6) is 4.32. The lowest BCUT2D eigenvalue weighted by molar-refractivity contribution is -0.198. The van der Waals surface area contributed by atoms with E-state index in [9.17, 15) is 9.59 Å². The standard InChI is InChI=1S/C44H68O6/c1-26(45)48-35-15-17-40(7)31(38(35,3)4)13-19-42-21-28(9-11-33(40)42)30(23-42)37-47-25-44(50-37)24-43-20-14-32-39(5,6)36(49-27(2)46)16-18-41(32,8)34(43)12-10-29(44)22-43/h28-37H,9-25H2,1-8H3/t28-,29-,30-,31-,32-,33+,34+,35-,36-,37-,40-,41-,42+,43+,44+/m1/s1. The van der Waals surface area contributed by atoms with Crippen LogP contribution in [-0.4, -0.2) is 42.6 Å². The van der Waals surface area contributed by atoms with E-state index in [0.29, 0.717) is 45.3 Å². The van der Waals surface area contributed by atoms with Gasteiger partial charge >= 0.3 is 11.9 Å². The van der Waals surface area contributed by atoms with Gasteiger partial charge in [0.1, 0.15) is 12.2 Å². The third-order valence-corrected chi connectivity index (χ3v) is 19.3. The van der Waals surface area contributed by atoms with Crippen molar-refractivity contribution in [2.45, 2.75) is 182 Å². The second-order valence-electron chi connectivity index (χ2n) is 21.9. The van der Waals surface area contributed by atoms with E-state index in [1.54, 1.807) is 13.8 Å². The zero-order chi connectivity index (χ0) is 35.3. The molecule has 0 unspecified atom stereocenters. The molecule has 9 rings (SSSR count). The van der Waals surface area contributed by atoms with Gasteiger partial charge in [0.25, 0.3) is 0 Å². The smallest absolute Gasteiger partial charge is 0.302 e. The second kappa shape index (κ2) is 11.0. The van der Waals surface area contributed by atoms with E-state index in [1.807, 2.05) is 0 Å². The molecule has 8 aliphatic carbocycles. The Hall–Kier alpha value is -1.14. The number of fused-ring (bicyclic) bond motifs is 7. The Morgan fingerprint density at radius 2 is 1.16 bits per heavy atom. The van der Waals surface area contributed by atoms with Crippen LogP contribution in [0.5, 0.6) is 0 Å². The molecule has 1 saturated heterocycles. The maximum absolute atomic E-state index is 12.0. The monoisotopic (exact) mass is 693 g/mol. The molecule has 4 bridgehead atoms. The fraction of sp³-hybridized carbons (Fsp3) is 0.955. The number of hydrogen-bond donors (Lipinski definition) is 0. The van der Waals surface area contributed by atoms with Gasteiger partial charge in [-0.3, -0.25) is 9.59 Å². The number of hydrogen-bond acceptors (Lipinski definition) is 6. The molecule has 9 fully saturated rings. The molecule has 280 valence electrons. The summed E-state index contributed by atoms with van der Waals surface area (Å²) >= 11 is 0. The third kappa shape index (κ3) is 4.57. The zero-order valence-corrected chi connectivity index (χ0v) is 32.7. The summed E-state index contributed by atoms with van der Waals surface area (Å²) in [5.41, 5.74) is 1.34. The molecule has 0 aromatic carbocycles. The van der Waals surface area contributed by atoms with Crippen molar-refractivity contribution in [3.63, 3.8) is 0 Å². The van der Waals surface area contributed by atoms with Crippen molar-refractivity contribution < 1.29 is 28.5 Å².